The Labute approximate surface area is 146 Å². The van der Waals surface area contributed by atoms with Crippen molar-refractivity contribution < 1.29 is 42.4 Å². The van der Waals surface area contributed by atoms with Crippen molar-refractivity contribution in [3.8, 4) is 0 Å². The minimum absolute atomic E-state index is 0. The van der Waals surface area contributed by atoms with Crippen LogP contribution >= 0.6 is 32.7 Å². The molecule has 2 aromatic carbocycles. The Morgan fingerprint density at radius 2 is 0.720 bits per heavy atom. The van der Waals surface area contributed by atoms with Gasteiger partial charge >= 0.3 is 129 Å². The Balaban J connectivity index is 0.000000443. The second-order valence-corrected chi connectivity index (χ2v) is 8.19. The SMILES string of the molecule is Br.Fc1ccccc1P(F)(F)(F)F.Fc1ccccc1P(F)(F)(F)F. The Kier molecular flexibility index (Phi) is 7.10. The second-order valence-electron chi connectivity index (χ2n) is 4.35. The molecule has 0 saturated heterocycles. The summed E-state index contributed by atoms with van der Waals surface area (Å²) >= 11 is 0. The van der Waals surface area contributed by atoms with E-state index in [1.165, 1.54) is 0 Å². The van der Waals surface area contributed by atoms with Crippen LogP contribution in [0.25, 0.3) is 0 Å². The molecule has 0 nitrogen and oxygen atoms in total. The van der Waals surface area contributed by atoms with Gasteiger partial charge in [-0.05, 0) is 0 Å². The van der Waals surface area contributed by atoms with Crippen molar-refractivity contribution in [3.63, 3.8) is 0 Å². The van der Waals surface area contributed by atoms with Gasteiger partial charge in [0.05, 0.1) is 0 Å². The molecule has 2 aromatic rings. The molecule has 0 N–H and O–H groups in total. The van der Waals surface area contributed by atoms with Crippen LogP contribution in [-0.2, 0) is 0 Å². The Morgan fingerprint density at radius 3 is 0.880 bits per heavy atom. The molecule has 13 heteroatoms. The predicted octanol–water partition coefficient (Wildman–Crippen LogP) is 7.66. The zero-order valence-electron chi connectivity index (χ0n) is 11.7. The van der Waals surface area contributed by atoms with Gasteiger partial charge < -0.3 is 0 Å². The van der Waals surface area contributed by atoms with Crippen LogP contribution < -0.4 is 10.6 Å². The van der Waals surface area contributed by atoms with Gasteiger partial charge in [0.1, 0.15) is 0 Å². The summed E-state index contributed by atoms with van der Waals surface area (Å²) in [7, 11) is -15.8. The molecule has 144 valence electrons. The average Bonchev–Trinajstić information content (AvgIpc) is 2.36. The molecule has 0 aliphatic rings. The fraction of sp³-hybridized carbons (Fsp3) is 0. The van der Waals surface area contributed by atoms with Gasteiger partial charge in [0.25, 0.3) is 0 Å². The van der Waals surface area contributed by atoms with Crippen molar-refractivity contribution in [1.29, 1.82) is 0 Å². The van der Waals surface area contributed by atoms with Crippen LogP contribution in [0.5, 0.6) is 0 Å². The van der Waals surface area contributed by atoms with Crippen LogP contribution in [0.4, 0.5) is 42.4 Å². The van der Waals surface area contributed by atoms with Gasteiger partial charge in [-0.2, -0.15) is 0 Å². The normalized spacial score (nSPS) is 14.6. The minimum atomic E-state index is -7.91. The molecular formula is C12H9BrF10P2. The number of benzene rings is 2. The molecule has 0 aliphatic carbocycles. The monoisotopic (exact) mass is 484 g/mol. The van der Waals surface area contributed by atoms with Crippen molar-refractivity contribution >= 4 is 43.3 Å². The number of hydrogen-bond acceptors (Lipinski definition) is 0. The molecule has 0 fully saturated rings. The molecular weight excluding hydrogens is 476 g/mol. The standard InChI is InChI=1S/2C6H4F5P.BrH/c2*7-5-3-1-2-4-6(5)12(8,9,10)11;/h2*1-4H;1H. The first-order valence-electron chi connectivity index (χ1n) is 5.83. The van der Waals surface area contributed by atoms with Crippen LogP contribution in [0.1, 0.15) is 0 Å². The van der Waals surface area contributed by atoms with Crippen molar-refractivity contribution in [2.45, 2.75) is 0 Å². The maximum atomic E-state index is 12.4. The third-order valence-corrected chi connectivity index (χ3v) is 4.62. The van der Waals surface area contributed by atoms with Crippen molar-refractivity contribution in [1.82, 2.24) is 0 Å². The first kappa shape index (κ1) is 24.1. The van der Waals surface area contributed by atoms with E-state index in [0.29, 0.717) is 24.3 Å². The molecule has 0 saturated carbocycles. The summed E-state index contributed by atoms with van der Waals surface area (Å²) in [4.78, 5) is 0. The average molecular weight is 485 g/mol. The van der Waals surface area contributed by atoms with E-state index in [2.05, 4.69) is 0 Å². The maximum absolute atomic E-state index is 12.4. The summed E-state index contributed by atoms with van der Waals surface area (Å²) in [6.45, 7) is 0. The molecule has 0 atom stereocenters. The van der Waals surface area contributed by atoms with E-state index in [1.807, 2.05) is 0 Å². The molecule has 0 bridgehead atoms. The molecule has 0 unspecified atom stereocenters. The molecule has 0 aromatic heterocycles. The van der Waals surface area contributed by atoms with Crippen LogP contribution in [0.15, 0.2) is 48.5 Å². The quantitative estimate of drug-likeness (QED) is 0.303. The van der Waals surface area contributed by atoms with E-state index in [1.54, 1.807) is 0 Å². The van der Waals surface area contributed by atoms with Crippen molar-refractivity contribution in [2.75, 3.05) is 0 Å². The van der Waals surface area contributed by atoms with Crippen LogP contribution in [0.2, 0.25) is 0 Å². The number of halogens is 11. The summed E-state index contributed by atoms with van der Waals surface area (Å²) in [5.74, 6) is -3.13. The molecule has 2 rings (SSSR count). The van der Waals surface area contributed by atoms with Crippen molar-refractivity contribution in [2.24, 2.45) is 0 Å². The second kappa shape index (κ2) is 7.37. The fourth-order valence-corrected chi connectivity index (χ4v) is 2.87. The summed E-state index contributed by atoms with van der Waals surface area (Å²) in [6.07, 6.45) is 0. The van der Waals surface area contributed by atoms with Gasteiger partial charge in [-0.25, -0.2) is 0 Å². The van der Waals surface area contributed by atoms with Gasteiger partial charge in [0.2, 0.25) is 0 Å². The Bertz CT molecular complexity index is 656. The van der Waals surface area contributed by atoms with E-state index in [4.69, 9.17) is 0 Å². The van der Waals surface area contributed by atoms with Gasteiger partial charge in [0, 0.05) is 0 Å². The summed E-state index contributed by atoms with van der Waals surface area (Å²) < 4.78 is 120. The molecule has 25 heavy (non-hydrogen) atoms. The zero-order valence-corrected chi connectivity index (χ0v) is 15.2. The van der Waals surface area contributed by atoms with E-state index < -0.39 is 37.9 Å². The van der Waals surface area contributed by atoms with Gasteiger partial charge in [-0.3, -0.25) is 0 Å². The van der Waals surface area contributed by atoms with Gasteiger partial charge in [-0.1, -0.05) is 0 Å². The van der Waals surface area contributed by atoms with Crippen LogP contribution in [0.3, 0.4) is 0 Å². The Morgan fingerprint density at radius 1 is 0.480 bits per heavy atom. The molecule has 0 spiro atoms. The van der Waals surface area contributed by atoms with Gasteiger partial charge in [0.15, 0.2) is 0 Å². The van der Waals surface area contributed by atoms with Crippen LogP contribution in [-0.4, -0.2) is 0 Å². The number of rotatable bonds is 2. The third kappa shape index (κ3) is 7.46. The third-order valence-electron chi connectivity index (χ3n) is 2.43. The first-order chi connectivity index (χ1) is 10.5. The molecule has 0 amide bonds. The van der Waals surface area contributed by atoms with E-state index in [0.717, 1.165) is 24.3 Å². The van der Waals surface area contributed by atoms with Crippen LogP contribution in [0, 0.1) is 11.6 Å². The first-order valence-corrected chi connectivity index (χ1v) is 9.43. The molecule has 0 heterocycles. The van der Waals surface area contributed by atoms with E-state index >= 15 is 0 Å². The predicted molar refractivity (Wildman–Crippen MR) is 85.1 cm³/mol. The molecule has 0 radical (unpaired) electrons. The van der Waals surface area contributed by atoms with Crippen molar-refractivity contribution in [3.05, 3.63) is 60.2 Å². The van der Waals surface area contributed by atoms with E-state index in [-0.39, 0.29) is 17.0 Å². The van der Waals surface area contributed by atoms with E-state index in [9.17, 15) is 42.4 Å². The molecule has 0 aliphatic heterocycles. The number of hydrogen-bond donors (Lipinski definition) is 0. The zero-order chi connectivity index (χ0) is 18.9. The Hall–Kier alpha value is -0.920. The summed E-state index contributed by atoms with van der Waals surface area (Å²) in [6, 6.07) is 5.97. The summed E-state index contributed by atoms with van der Waals surface area (Å²) in [5, 5.41) is -3.55. The van der Waals surface area contributed by atoms with Gasteiger partial charge in [-0.15, -0.1) is 17.0 Å². The fourth-order valence-electron chi connectivity index (χ4n) is 1.45. The summed E-state index contributed by atoms with van der Waals surface area (Å²) in [5.41, 5.74) is 0. The topological polar surface area (TPSA) is 0 Å².